The summed E-state index contributed by atoms with van der Waals surface area (Å²) in [7, 11) is -3.67. The normalized spacial score (nSPS) is 13.8. The summed E-state index contributed by atoms with van der Waals surface area (Å²) in [4.78, 5) is -0.106. The summed E-state index contributed by atoms with van der Waals surface area (Å²) in [6.45, 7) is 6.31. The van der Waals surface area contributed by atoms with Crippen LogP contribution < -0.4 is 10.5 Å². The van der Waals surface area contributed by atoms with E-state index >= 15 is 0 Å². The Hall–Kier alpha value is -1.14. The first-order valence-electron chi connectivity index (χ1n) is 5.78. The number of nitrogens with one attached hydrogen (secondary N) is 1. The van der Waals surface area contributed by atoms with E-state index in [0.29, 0.717) is 12.5 Å². The Morgan fingerprint density at radius 1 is 1.33 bits per heavy atom. The minimum atomic E-state index is -3.67. The molecule has 18 heavy (non-hydrogen) atoms. The predicted octanol–water partition coefficient (Wildman–Crippen LogP) is 1.98. The molecule has 0 saturated carbocycles. The van der Waals surface area contributed by atoms with Crippen molar-refractivity contribution in [3.8, 4) is 0 Å². The number of benzene rings is 1. The van der Waals surface area contributed by atoms with Gasteiger partial charge in [0.2, 0.25) is 10.0 Å². The minimum Gasteiger partial charge on any atom is -0.396 e. The van der Waals surface area contributed by atoms with Crippen LogP contribution in [0.25, 0.3) is 0 Å². The molecule has 0 bridgehead atoms. The van der Waals surface area contributed by atoms with Crippen LogP contribution in [-0.2, 0) is 10.0 Å². The van der Waals surface area contributed by atoms with Gasteiger partial charge in [0.15, 0.2) is 0 Å². The maximum absolute atomic E-state index is 13.2. The van der Waals surface area contributed by atoms with Gasteiger partial charge in [-0.3, -0.25) is 0 Å². The van der Waals surface area contributed by atoms with Crippen molar-refractivity contribution >= 4 is 15.7 Å². The van der Waals surface area contributed by atoms with Crippen molar-refractivity contribution in [2.24, 2.45) is 11.8 Å². The molecule has 1 atom stereocenters. The van der Waals surface area contributed by atoms with E-state index < -0.39 is 15.8 Å². The minimum absolute atomic E-state index is 0.0653. The van der Waals surface area contributed by atoms with E-state index in [4.69, 9.17) is 5.73 Å². The summed E-state index contributed by atoms with van der Waals surface area (Å²) >= 11 is 0. The molecule has 4 nitrogen and oxygen atoms in total. The Labute approximate surface area is 107 Å². The SMILES string of the molecule is CC(C)C(C)CNS(=O)(=O)c1ccc(N)c(F)c1. The smallest absolute Gasteiger partial charge is 0.240 e. The number of nitrogens with two attached hydrogens (primary N) is 1. The lowest BCUT2D eigenvalue weighted by Crippen LogP contribution is -2.30. The van der Waals surface area contributed by atoms with Crippen molar-refractivity contribution in [1.82, 2.24) is 4.72 Å². The van der Waals surface area contributed by atoms with E-state index in [-0.39, 0.29) is 16.5 Å². The molecule has 1 rings (SSSR count). The van der Waals surface area contributed by atoms with Crippen LogP contribution in [0.4, 0.5) is 10.1 Å². The molecule has 0 spiro atoms. The number of nitrogen functional groups attached to an aromatic ring is 1. The molecule has 0 heterocycles. The highest BCUT2D eigenvalue weighted by atomic mass is 32.2. The topological polar surface area (TPSA) is 72.2 Å². The fourth-order valence-electron chi connectivity index (χ4n) is 1.24. The highest BCUT2D eigenvalue weighted by Gasteiger charge is 2.17. The Balaban J connectivity index is 2.83. The Bertz CT molecular complexity index is 515. The van der Waals surface area contributed by atoms with Crippen LogP contribution in [0.2, 0.25) is 0 Å². The molecule has 0 aliphatic carbocycles. The van der Waals surface area contributed by atoms with Gasteiger partial charge in [-0.15, -0.1) is 0 Å². The molecular weight excluding hydrogens is 255 g/mol. The van der Waals surface area contributed by atoms with E-state index in [1.54, 1.807) is 0 Å². The maximum atomic E-state index is 13.2. The molecule has 6 heteroatoms. The van der Waals surface area contributed by atoms with Gasteiger partial charge in [-0.1, -0.05) is 20.8 Å². The van der Waals surface area contributed by atoms with Gasteiger partial charge in [-0.2, -0.15) is 0 Å². The zero-order valence-corrected chi connectivity index (χ0v) is 11.6. The summed E-state index contributed by atoms with van der Waals surface area (Å²) in [6, 6.07) is 3.47. The van der Waals surface area contributed by atoms with Crippen molar-refractivity contribution < 1.29 is 12.8 Å². The molecule has 1 aromatic rings. The van der Waals surface area contributed by atoms with Crippen LogP contribution in [0.1, 0.15) is 20.8 Å². The number of hydrogen-bond donors (Lipinski definition) is 2. The van der Waals surface area contributed by atoms with Gasteiger partial charge in [0.25, 0.3) is 0 Å². The number of hydrogen-bond acceptors (Lipinski definition) is 3. The molecule has 0 saturated heterocycles. The molecule has 0 fully saturated rings. The van der Waals surface area contributed by atoms with E-state index in [0.717, 1.165) is 6.07 Å². The molecular formula is C12H19FN2O2S. The molecule has 1 aromatic carbocycles. The second kappa shape index (κ2) is 5.67. The van der Waals surface area contributed by atoms with Crippen molar-refractivity contribution in [3.05, 3.63) is 24.0 Å². The van der Waals surface area contributed by atoms with E-state index in [2.05, 4.69) is 4.72 Å². The van der Waals surface area contributed by atoms with Crippen molar-refractivity contribution in [3.63, 3.8) is 0 Å². The second-order valence-electron chi connectivity index (χ2n) is 4.76. The highest BCUT2D eigenvalue weighted by molar-refractivity contribution is 7.89. The molecule has 3 N–H and O–H groups in total. The Morgan fingerprint density at radius 2 is 1.94 bits per heavy atom. The summed E-state index contributed by atoms with van der Waals surface area (Å²) in [5.74, 6) is -0.149. The summed E-state index contributed by atoms with van der Waals surface area (Å²) in [6.07, 6.45) is 0. The third kappa shape index (κ3) is 3.68. The van der Waals surface area contributed by atoms with Gasteiger partial charge in [-0.25, -0.2) is 17.5 Å². The van der Waals surface area contributed by atoms with Gasteiger partial charge in [0.1, 0.15) is 5.82 Å². The number of anilines is 1. The highest BCUT2D eigenvalue weighted by Crippen LogP contribution is 2.17. The molecule has 102 valence electrons. The zero-order valence-electron chi connectivity index (χ0n) is 10.8. The first-order chi connectivity index (χ1) is 8.24. The third-order valence-corrected chi connectivity index (χ3v) is 4.44. The molecule has 0 radical (unpaired) electrons. The standard InChI is InChI=1S/C12H19FN2O2S/c1-8(2)9(3)7-15-18(16,17)10-4-5-12(14)11(13)6-10/h4-6,8-9,15H,7,14H2,1-3H3. The fourth-order valence-corrected chi connectivity index (χ4v) is 2.39. The van der Waals surface area contributed by atoms with Gasteiger partial charge >= 0.3 is 0 Å². The summed E-state index contributed by atoms with van der Waals surface area (Å²) in [5, 5.41) is 0. The van der Waals surface area contributed by atoms with Gasteiger partial charge in [0, 0.05) is 6.54 Å². The summed E-state index contributed by atoms with van der Waals surface area (Å²) in [5.41, 5.74) is 5.24. The largest absolute Gasteiger partial charge is 0.396 e. The van der Waals surface area contributed by atoms with Crippen molar-refractivity contribution in [2.75, 3.05) is 12.3 Å². The zero-order chi connectivity index (χ0) is 13.9. The lowest BCUT2D eigenvalue weighted by molar-refractivity contribution is 0.414. The summed E-state index contributed by atoms with van der Waals surface area (Å²) < 4.78 is 39.5. The fraction of sp³-hybridized carbons (Fsp3) is 0.500. The maximum Gasteiger partial charge on any atom is 0.240 e. The number of halogens is 1. The van der Waals surface area contributed by atoms with Gasteiger partial charge in [-0.05, 0) is 30.0 Å². The van der Waals surface area contributed by atoms with Gasteiger partial charge in [0.05, 0.1) is 10.6 Å². The van der Waals surface area contributed by atoms with Crippen LogP contribution in [0.3, 0.4) is 0 Å². The van der Waals surface area contributed by atoms with Crippen LogP contribution in [0.5, 0.6) is 0 Å². The first kappa shape index (κ1) is 14.9. The van der Waals surface area contributed by atoms with Crippen LogP contribution in [0, 0.1) is 17.7 Å². The molecule has 1 unspecified atom stereocenters. The molecule has 0 amide bonds. The lowest BCUT2D eigenvalue weighted by Gasteiger charge is -2.16. The third-order valence-electron chi connectivity index (χ3n) is 3.02. The van der Waals surface area contributed by atoms with Crippen LogP contribution in [0.15, 0.2) is 23.1 Å². The second-order valence-corrected chi connectivity index (χ2v) is 6.52. The van der Waals surface area contributed by atoms with Crippen molar-refractivity contribution in [1.29, 1.82) is 0 Å². The molecule has 0 aliphatic heterocycles. The Kier molecular flexibility index (Phi) is 4.70. The van der Waals surface area contributed by atoms with Crippen LogP contribution in [-0.4, -0.2) is 15.0 Å². The van der Waals surface area contributed by atoms with E-state index in [1.165, 1.54) is 12.1 Å². The quantitative estimate of drug-likeness (QED) is 0.806. The molecule has 0 aliphatic rings. The number of rotatable bonds is 5. The monoisotopic (exact) mass is 274 g/mol. The van der Waals surface area contributed by atoms with Gasteiger partial charge < -0.3 is 5.73 Å². The average Bonchev–Trinajstić information content (AvgIpc) is 2.29. The predicted molar refractivity (Wildman–Crippen MR) is 70.0 cm³/mol. The average molecular weight is 274 g/mol. The molecule has 0 aromatic heterocycles. The lowest BCUT2D eigenvalue weighted by atomic mass is 9.99. The van der Waals surface area contributed by atoms with Crippen molar-refractivity contribution in [2.45, 2.75) is 25.7 Å². The number of sulfonamides is 1. The van der Waals surface area contributed by atoms with E-state index in [1.807, 2.05) is 20.8 Å². The van der Waals surface area contributed by atoms with E-state index in [9.17, 15) is 12.8 Å². The Morgan fingerprint density at radius 3 is 2.44 bits per heavy atom. The first-order valence-corrected chi connectivity index (χ1v) is 7.27. The van der Waals surface area contributed by atoms with Crippen LogP contribution >= 0.6 is 0 Å².